The van der Waals surface area contributed by atoms with E-state index >= 15 is 0 Å². The molecule has 0 heterocycles. The minimum Gasteiger partial charge on any atom is -0.496 e. The lowest BCUT2D eigenvalue weighted by atomic mass is 10.2. The molecule has 126 valence electrons. The van der Waals surface area contributed by atoms with Gasteiger partial charge in [-0.05, 0) is 52.3 Å². The molecular formula is C16H12Br2FNO4. The van der Waals surface area contributed by atoms with Crippen LogP contribution in [0, 0.1) is 5.82 Å². The lowest BCUT2D eigenvalue weighted by molar-refractivity contribution is -0.119. The Morgan fingerprint density at radius 1 is 1.17 bits per heavy atom. The fourth-order valence-corrected chi connectivity index (χ4v) is 2.66. The second-order valence-electron chi connectivity index (χ2n) is 4.60. The summed E-state index contributed by atoms with van der Waals surface area (Å²) in [5.74, 6) is -1.35. The number of rotatable bonds is 5. The van der Waals surface area contributed by atoms with Crippen molar-refractivity contribution in [1.82, 2.24) is 0 Å². The summed E-state index contributed by atoms with van der Waals surface area (Å²) in [4.78, 5) is 23.7. The van der Waals surface area contributed by atoms with E-state index in [0.29, 0.717) is 14.7 Å². The number of amides is 1. The van der Waals surface area contributed by atoms with Crippen molar-refractivity contribution in [3.8, 4) is 5.75 Å². The minimum absolute atomic E-state index is 0.00596. The zero-order valence-electron chi connectivity index (χ0n) is 12.4. The van der Waals surface area contributed by atoms with Crippen molar-refractivity contribution in [3.05, 3.63) is 56.7 Å². The van der Waals surface area contributed by atoms with Gasteiger partial charge in [-0.1, -0.05) is 15.9 Å². The molecule has 24 heavy (non-hydrogen) atoms. The van der Waals surface area contributed by atoms with Crippen LogP contribution in [-0.2, 0) is 9.53 Å². The third kappa shape index (κ3) is 4.78. The van der Waals surface area contributed by atoms with Crippen LogP contribution in [-0.4, -0.2) is 25.6 Å². The van der Waals surface area contributed by atoms with Gasteiger partial charge < -0.3 is 14.8 Å². The first-order valence-electron chi connectivity index (χ1n) is 6.66. The molecule has 2 rings (SSSR count). The van der Waals surface area contributed by atoms with E-state index in [1.54, 1.807) is 12.1 Å². The SMILES string of the molecule is COc1ccc(C(=O)OCC(=O)Nc2ccc(Br)cc2F)cc1Br. The van der Waals surface area contributed by atoms with Gasteiger partial charge >= 0.3 is 5.97 Å². The van der Waals surface area contributed by atoms with Gasteiger partial charge in [-0.3, -0.25) is 4.79 Å². The number of hydrogen-bond donors (Lipinski definition) is 1. The Bertz CT molecular complexity index is 783. The summed E-state index contributed by atoms with van der Waals surface area (Å²) in [7, 11) is 1.50. The zero-order valence-corrected chi connectivity index (χ0v) is 15.6. The molecule has 1 amide bonds. The van der Waals surface area contributed by atoms with Crippen molar-refractivity contribution >= 4 is 49.4 Å². The molecule has 1 N–H and O–H groups in total. The summed E-state index contributed by atoms with van der Waals surface area (Å²) < 4.78 is 24.7. The lowest BCUT2D eigenvalue weighted by Crippen LogP contribution is -2.21. The van der Waals surface area contributed by atoms with Gasteiger partial charge in [-0.25, -0.2) is 9.18 Å². The highest BCUT2D eigenvalue weighted by Gasteiger charge is 2.13. The molecule has 0 aliphatic carbocycles. The smallest absolute Gasteiger partial charge is 0.338 e. The van der Waals surface area contributed by atoms with Crippen molar-refractivity contribution in [2.24, 2.45) is 0 Å². The van der Waals surface area contributed by atoms with Gasteiger partial charge in [0.15, 0.2) is 6.61 Å². The molecule has 0 aliphatic heterocycles. The summed E-state index contributed by atoms with van der Waals surface area (Å²) in [6.45, 7) is -0.530. The number of carbonyl (C=O) groups excluding carboxylic acids is 2. The molecule has 8 heteroatoms. The van der Waals surface area contributed by atoms with Crippen LogP contribution >= 0.6 is 31.9 Å². The highest BCUT2D eigenvalue weighted by atomic mass is 79.9. The van der Waals surface area contributed by atoms with Crippen LogP contribution in [0.5, 0.6) is 5.75 Å². The van der Waals surface area contributed by atoms with Crippen LogP contribution in [0.4, 0.5) is 10.1 Å². The standard InChI is InChI=1S/C16H12Br2FNO4/c1-23-14-5-2-9(6-11(14)18)16(22)24-8-15(21)20-13-4-3-10(17)7-12(13)19/h2-7H,8H2,1H3,(H,20,21). The van der Waals surface area contributed by atoms with E-state index in [0.717, 1.165) is 0 Å². The molecule has 0 aromatic heterocycles. The average molecular weight is 461 g/mol. The van der Waals surface area contributed by atoms with Crippen molar-refractivity contribution in [2.75, 3.05) is 19.0 Å². The predicted octanol–water partition coefficient (Wildman–Crippen LogP) is 4.15. The van der Waals surface area contributed by atoms with Crippen LogP contribution < -0.4 is 10.1 Å². The number of methoxy groups -OCH3 is 1. The third-order valence-electron chi connectivity index (χ3n) is 2.93. The van der Waals surface area contributed by atoms with Gasteiger partial charge in [-0.15, -0.1) is 0 Å². The van der Waals surface area contributed by atoms with E-state index in [9.17, 15) is 14.0 Å². The Morgan fingerprint density at radius 3 is 2.54 bits per heavy atom. The van der Waals surface area contributed by atoms with Crippen molar-refractivity contribution in [3.63, 3.8) is 0 Å². The summed E-state index contributed by atoms with van der Waals surface area (Å²) in [6, 6.07) is 8.83. The first-order valence-corrected chi connectivity index (χ1v) is 8.25. The number of benzene rings is 2. The number of hydrogen-bond acceptors (Lipinski definition) is 4. The van der Waals surface area contributed by atoms with Gasteiger partial charge in [0.2, 0.25) is 0 Å². The number of halogens is 3. The summed E-state index contributed by atoms with van der Waals surface area (Å²) in [5.41, 5.74) is 0.261. The summed E-state index contributed by atoms with van der Waals surface area (Å²) >= 11 is 6.38. The fourth-order valence-electron chi connectivity index (χ4n) is 1.78. The van der Waals surface area contributed by atoms with E-state index in [4.69, 9.17) is 9.47 Å². The second kappa shape index (κ2) is 8.25. The first-order chi connectivity index (χ1) is 11.4. The molecule has 0 radical (unpaired) electrons. The van der Waals surface area contributed by atoms with E-state index in [-0.39, 0.29) is 11.3 Å². The van der Waals surface area contributed by atoms with Gasteiger partial charge in [0, 0.05) is 4.47 Å². The van der Waals surface area contributed by atoms with Gasteiger partial charge in [0.25, 0.3) is 5.91 Å². The molecule has 5 nitrogen and oxygen atoms in total. The predicted molar refractivity (Wildman–Crippen MR) is 93.7 cm³/mol. The maximum atomic E-state index is 13.6. The molecule has 0 aliphatic rings. The Hall–Kier alpha value is -1.93. The number of esters is 1. The molecule has 0 saturated heterocycles. The maximum absolute atomic E-state index is 13.6. The number of nitrogens with one attached hydrogen (secondary N) is 1. The second-order valence-corrected chi connectivity index (χ2v) is 6.37. The number of ether oxygens (including phenoxy) is 2. The Morgan fingerprint density at radius 2 is 1.92 bits per heavy atom. The molecule has 0 saturated carbocycles. The van der Waals surface area contributed by atoms with Crippen molar-refractivity contribution in [1.29, 1.82) is 0 Å². The fraction of sp³-hybridized carbons (Fsp3) is 0.125. The zero-order chi connectivity index (χ0) is 17.7. The van der Waals surface area contributed by atoms with E-state index in [1.807, 2.05) is 0 Å². The Labute approximate surface area is 154 Å². The van der Waals surface area contributed by atoms with Gasteiger partial charge in [0.1, 0.15) is 11.6 Å². The van der Waals surface area contributed by atoms with Crippen molar-refractivity contribution < 1.29 is 23.5 Å². The highest BCUT2D eigenvalue weighted by molar-refractivity contribution is 9.10. The third-order valence-corrected chi connectivity index (χ3v) is 4.04. The lowest BCUT2D eigenvalue weighted by Gasteiger charge is -2.09. The van der Waals surface area contributed by atoms with Crippen LogP contribution in [0.2, 0.25) is 0 Å². The molecule has 2 aromatic carbocycles. The minimum atomic E-state index is -0.676. The monoisotopic (exact) mass is 459 g/mol. The van der Waals surface area contributed by atoms with Crippen LogP contribution in [0.1, 0.15) is 10.4 Å². The quantitative estimate of drug-likeness (QED) is 0.680. The molecule has 0 unspecified atom stereocenters. The van der Waals surface area contributed by atoms with E-state index in [2.05, 4.69) is 37.2 Å². The highest BCUT2D eigenvalue weighted by Crippen LogP contribution is 2.25. The average Bonchev–Trinajstić information content (AvgIpc) is 2.55. The molecular weight excluding hydrogens is 449 g/mol. The maximum Gasteiger partial charge on any atom is 0.338 e. The van der Waals surface area contributed by atoms with Crippen LogP contribution in [0.3, 0.4) is 0 Å². The molecule has 0 atom stereocenters. The summed E-state index contributed by atoms with van der Waals surface area (Å²) in [5, 5.41) is 2.33. The number of carbonyl (C=O) groups is 2. The first kappa shape index (κ1) is 18.4. The molecule has 2 aromatic rings. The largest absolute Gasteiger partial charge is 0.496 e. The Balaban J connectivity index is 1.93. The summed E-state index contributed by atoms with van der Waals surface area (Å²) in [6.07, 6.45) is 0. The normalized spacial score (nSPS) is 10.2. The molecule has 0 spiro atoms. The van der Waals surface area contributed by atoms with Crippen LogP contribution in [0.25, 0.3) is 0 Å². The Kier molecular flexibility index (Phi) is 6.33. The topological polar surface area (TPSA) is 64.6 Å². The molecule has 0 bridgehead atoms. The van der Waals surface area contributed by atoms with Gasteiger partial charge in [-0.2, -0.15) is 0 Å². The molecule has 0 fully saturated rings. The van der Waals surface area contributed by atoms with E-state index < -0.39 is 24.3 Å². The van der Waals surface area contributed by atoms with E-state index in [1.165, 1.54) is 31.4 Å². The number of anilines is 1. The van der Waals surface area contributed by atoms with Crippen LogP contribution in [0.15, 0.2) is 45.3 Å². The van der Waals surface area contributed by atoms with Crippen molar-refractivity contribution in [2.45, 2.75) is 0 Å². The van der Waals surface area contributed by atoms with Gasteiger partial charge in [0.05, 0.1) is 22.8 Å².